The second-order valence-corrected chi connectivity index (χ2v) is 8.98. The number of benzene rings is 1. The van der Waals surface area contributed by atoms with Crippen molar-refractivity contribution in [2.24, 2.45) is 5.41 Å². The van der Waals surface area contributed by atoms with Gasteiger partial charge in [0.25, 0.3) is 11.8 Å². The summed E-state index contributed by atoms with van der Waals surface area (Å²) in [6.45, 7) is 2.32. The van der Waals surface area contributed by atoms with Gasteiger partial charge in [0.05, 0.1) is 17.5 Å². The number of nitrogens with one attached hydrogen (secondary N) is 1. The Morgan fingerprint density at radius 3 is 2.44 bits per heavy atom. The summed E-state index contributed by atoms with van der Waals surface area (Å²) in [6, 6.07) is 10.6. The van der Waals surface area contributed by atoms with E-state index in [1.165, 1.54) is 0 Å². The van der Waals surface area contributed by atoms with Gasteiger partial charge in [0.2, 0.25) is 5.91 Å². The number of fused-ring (bicyclic) bond motifs is 9. The van der Waals surface area contributed by atoms with Crippen molar-refractivity contribution in [3.63, 3.8) is 0 Å². The molecule has 2 bridgehead atoms. The summed E-state index contributed by atoms with van der Waals surface area (Å²) in [5, 5.41) is 2.84. The van der Waals surface area contributed by atoms with Crippen LogP contribution < -0.4 is 10.1 Å². The zero-order chi connectivity index (χ0) is 24.0. The molecule has 180 valence electrons. The zero-order valence-electron chi connectivity index (χ0n) is 19.7. The minimum atomic E-state index is -0.484. The molecule has 8 nitrogen and oxygen atoms in total. The number of carbonyl (C=O) groups excluding carboxylic acids is 3. The van der Waals surface area contributed by atoms with Gasteiger partial charge in [0, 0.05) is 44.6 Å². The van der Waals surface area contributed by atoms with E-state index >= 15 is 0 Å². The predicted molar refractivity (Wildman–Crippen MR) is 128 cm³/mol. The van der Waals surface area contributed by atoms with Crippen LogP contribution in [0.15, 0.2) is 48.8 Å². The van der Waals surface area contributed by atoms with Gasteiger partial charge in [-0.2, -0.15) is 0 Å². The van der Waals surface area contributed by atoms with Crippen LogP contribution in [-0.2, 0) is 4.79 Å². The van der Waals surface area contributed by atoms with Crippen LogP contribution >= 0.6 is 0 Å². The van der Waals surface area contributed by atoms with Crippen molar-refractivity contribution in [1.82, 2.24) is 20.1 Å². The molecule has 3 aliphatic heterocycles. The summed E-state index contributed by atoms with van der Waals surface area (Å²) < 4.78 is 6.01. The molecule has 2 aromatic rings. The Labute approximate surface area is 200 Å². The summed E-state index contributed by atoms with van der Waals surface area (Å²) in [7, 11) is 1.67. The van der Waals surface area contributed by atoms with Crippen molar-refractivity contribution < 1.29 is 19.1 Å². The topological polar surface area (TPSA) is 91.8 Å². The van der Waals surface area contributed by atoms with E-state index in [0.717, 1.165) is 19.3 Å². The first kappa shape index (κ1) is 23.7. The van der Waals surface area contributed by atoms with Crippen molar-refractivity contribution in [3.05, 3.63) is 59.9 Å². The second kappa shape index (κ2) is 10.7. The van der Waals surface area contributed by atoms with Crippen molar-refractivity contribution in [1.29, 1.82) is 0 Å². The van der Waals surface area contributed by atoms with Crippen molar-refractivity contribution in [2.45, 2.75) is 32.1 Å². The molecule has 0 unspecified atom stereocenters. The van der Waals surface area contributed by atoms with E-state index in [1.54, 1.807) is 48.6 Å². The third-order valence-corrected chi connectivity index (χ3v) is 7.00. The Kier molecular flexibility index (Phi) is 7.45. The van der Waals surface area contributed by atoms with Gasteiger partial charge in [0.1, 0.15) is 12.4 Å². The molecule has 1 fully saturated rings. The first-order valence-electron chi connectivity index (χ1n) is 12.0. The first-order valence-corrected chi connectivity index (χ1v) is 12.0. The highest BCUT2D eigenvalue weighted by atomic mass is 16.5. The molecular formula is C26H32N4O4. The number of piperidine rings is 1. The Morgan fingerprint density at radius 1 is 0.971 bits per heavy atom. The maximum absolute atomic E-state index is 13.3. The molecule has 3 amide bonds. The minimum absolute atomic E-state index is 0.0392. The minimum Gasteiger partial charge on any atom is -0.491 e. The molecular weight excluding hydrogens is 432 g/mol. The molecule has 0 radical (unpaired) electrons. The smallest absolute Gasteiger partial charge is 0.257 e. The summed E-state index contributed by atoms with van der Waals surface area (Å²) in [4.78, 5) is 46.9. The van der Waals surface area contributed by atoms with E-state index in [4.69, 9.17) is 4.74 Å². The van der Waals surface area contributed by atoms with E-state index in [0.29, 0.717) is 55.9 Å². The summed E-state index contributed by atoms with van der Waals surface area (Å²) >= 11 is 0. The lowest BCUT2D eigenvalue weighted by Gasteiger charge is -2.40. The van der Waals surface area contributed by atoms with Crippen molar-refractivity contribution in [2.75, 3.05) is 39.8 Å². The SMILES string of the molecule is CNC(=O)C12CCCCN(C(=O)c3ccncc3)CCOc3ccccc3C(=O)N(CC1)CC2. The average Bonchev–Trinajstić information content (AvgIpc) is 2.90. The zero-order valence-corrected chi connectivity index (χ0v) is 19.7. The fraction of sp³-hybridized carbons (Fsp3) is 0.462. The number of hydrogen-bond acceptors (Lipinski definition) is 5. The number of amides is 3. The number of ether oxygens (including phenoxy) is 1. The Morgan fingerprint density at radius 2 is 1.71 bits per heavy atom. The van der Waals surface area contributed by atoms with Crippen LogP contribution in [0.4, 0.5) is 0 Å². The van der Waals surface area contributed by atoms with Gasteiger partial charge in [-0.3, -0.25) is 19.4 Å². The normalized spacial score (nSPS) is 18.8. The molecule has 0 atom stereocenters. The summed E-state index contributed by atoms with van der Waals surface area (Å²) in [5.74, 6) is 0.396. The van der Waals surface area contributed by atoms with Crippen LogP contribution in [0.5, 0.6) is 5.75 Å². The summed E-state index contributed by atoms with van der Waals surface area (Å²) in [6.07, 6.45) is 6.81. The fourth-order valence-electron chi connectivity index (χ4n) is 4.96. The molecule has 1 aromatic heterocycles. The van der Waals surface area contributed by atoms with Gasteiger partial charge in [-0.15, -0.1) is 0 Å². The number of nitrogens with zero attached hydrogens (tertiary/aromatic N) is 3. The molecule has 0 saturated carbocycles. The predicted octanol–water partition coefficient (Wildman–Crippen LogP) is 2.76. The first-order chi connectivity index (χ1) is 16.5. The molecule has 1 aromatic carbocycles. The highest BCUT2D eigenvalue weighted by Gasteiger charge is 2.41. The maximum Gasteiger partial charge on any atom is 0.257 e. The van der Waals surface area contributed by atoms with Crippen LogP contribution in [0.3, 0.4) is 0 Å². The molecule has 0 spiro atoms. The van der Waals surface area contributed by atoms with Gasteiger partial charge in [-0.1, -0.05) is 18.6 Å². The van der Waals surface area contributed by atoms with Gasteiger partial charge < -0.3 is 19.9 Å². The Bertz CT molecular complexity index is 1020. The van der Waals surface area contributed by atoms with Gasteiger partial charge in [0.15, 0.2) is 0 Å². The monoisotopic (exact) mass is 464 g/mol. The van der Waals surface area contributed by atoms with Gasteiger partial charge in [-0.25, -0.2) is 0 Å². The van der Waals surface area contributed by atoms with Crippen LogP contribution in [0, 0.1) is 5.41 Å². The summed E-state index contributed by atoms with van der Waals surface area (Å²) in [5.41, 5.74) is 0.607. The molecule has 3 aliphatic rings. The number of pyridine rings is 1. The third-order valence-electron chi connectivity index (χ3n) is 7.00. The molecule has 8 heteroatoms. The number of rotatable bonds is 2. The Hall–Kier alpha value is -3.42. The highest BCUT2D eigenvalue weighted by Crippen LogP contribution is 2.38. The molecule has 1 saturated heterocycles. The highest BCUT2D eigenvalue weighted by molar-refractivity contribution is 5.97. The van der Waals surface area contributed by atoms with Crippen LogP contribution in [0.1, 0.15) is 52.8 Å². The fourth-order valence-corrected chi connectivity index (χ4v) is 4.96. The largest absolute Gasteiger partial charge is 0.491 e. The standard InChI is InChI=1S/C26H32N4O4/c1-27-25(33)26-10-4-5-15-29(23(31)20-8-13-28-14-9-20)18-19-34-22-7-3-2-6-21(22)24(32)30(16-11-26)17-12-26/h2-3,6-9,13-14H,4-5,10-12,15-19H2,1H3,(H,27,33). The molecule has 5 rings (SSSR count). The lowest BCUT2D eigenvalue weighted by Crippen LogP contribution is -2.49. The van der Waals surface area contributed by atoms with Crippen molar-refractivity contribution in [3.8, 4) is 5.75 Å². The third kappa shape index (κ3) is 5.05. The number of carbonyl (C=O) groups is 3. The van der Waals surface area contributed by atoms with E-state index < -0.39 is 5.41 Å². The van der Waals surface area contributed by atoms with Crippen molar-refractivity contribution >= 4 is 17.7 Å². The number of para-hydroxylation sites is 1. The maximum atomic E-state index is 13.3. The van der Waals surface area contributed by atoms with E-state index in [1.807, 2.05) is 17.0 Å². The molecule has 1 N–H and O–H groups in total. The van der Waals surface area contributed by atoms with E-state index in [2.05, 4.69) is 10.3 Å². The van der Waals surface area contributed by atoms with Gasteiger partial charge in [-0.05, 0) is 49.9 Å². The lowest BCUT2D eigenvalue weighted by molar-refractivity contribution is -0.133. The van der Waals surface area contributed by atoms with E-state index in [9.17, 15) is 14.4 Å². The number of aromatic nitrogens is 1. The van der Waals surface area contributed by atoms with Crippen LogP contribution in [0.25, 0.3) is 0 Å². The van der Waals surface area contributed by atoms with Crippen LogP contribution in [-0.4, -0.2) is 72.3 Å². The second-order valence-electron chi connectivity index (χ2n) is 8.98. The lowest BCUT2D eigenvalue weighted by atomic mass is 9.73. The molecule has 0 aliphatic carbocycles. The molecule has 4 heterocycles. The Balaban J connectivity index is 1.60. The average molecular weight is 465 g/mol. The quantitative estimate of drug-likeness (QED) is 0.738. The molecule has 34 heavy (non-hydrogen) atoms. The number of hydrogen-bond donors (Lipinski definition) is 1. The van der Waals surface area contributed by atoms with Crippen LogP contribution in [0.2, 0.25) is 0 Å². The van der Waals surface area contributed by atoms with Gasteiger partial charge >= 0.3 is 0 Å². The van der Waals surface area contributed by atoms with E-state index in [-0.39, 0.29) is 24.3 Å².